The lowest BCUT2D eigenvalue weighted by Crippen LogP contribution is -2.14. The first-order valence-electron chi connectivity index (χ1n) is 12.2. The molecule has 0 aliphatic carbocycles. The minimum atomic E-state index is 0.957. The van der Waals surface area contributed by atoms with Crippen molar-refractivity contribution in [1.29, 1.82) is 0 Å². The third kappa shape index (κ3) is 23.7. The van der Waals surface area contributed by atoms with Gasteiger partial charge in [0.05, 0.1) is 0 Å². The minimum absolute atomic E-state index is 0.957. The molecule has 0 aromatic carbocycles. The Morgan fingerprint density at radius 2 is 0.808 bits per heavy atom. The SMILES string of the molecule is C=CCNCCCCCCCCCCCCCCCCCCCCCC. The fourth-order valence-electron chi connectivity index (χ4n) is 3.71. The fourth-order valence-corrected chi connectivity index (χ4v) is 3.71. The maximum absolute atomic E-state index is 3.72. The summed E-state index contributed by atoms with van der Waals surface area (Å²) in [6.45, 7) is 8.14. The van der Waals surface area contributed by atoms with Crippen LogP contribution < -0.4 is 5.32 Å². The van der Waals surface area contributed by atoms with Gasteiger partial charge in [-0.2, -0.15) is 0 Å². The van der Waals surface area contributed by atoms with Crippen molar-refractivity contribution in [2.24, 2.45) is 0 Å². The molecule has 0 bridgehead atoms. The van der Waals surface area contributed by atoms with Crippen molar-refractivity contribution in [3.05, 3.63) is 12.7 Å². The molecule has 0 amide bonds. The van der Waals surface area contributed by atoms with E-state index in [9.17, 15) is 0 Å². The Kier molecular flexibility index (Phi) is 24.4. The number of hydrogen-bond acceptors (Lipinski definition) is 1. The molecule has 26 heavy (non-hydrogen) atoms. The van der Waals surface area contributed by atoms with Crippen LogP contribution in [0.15, 0.2) is 12.7 Å². The second-order valence-corrected chi connectivity index (χ2v) is 8.21. The third-order valence-electron chi connectivity index (χ3n) is 5.50. The summed E-state index contributed by atoms with van der Waals surface area (Å²) in [5, 5.41) is 3.38. The monoisotopic (exact) mass is 365 g/mol. The minimum Gasteiger partial charge on any atom is -0.313 e. The second kappa shape index (κ2) is 24.7. The molecule has 0 aromatic rings. The summed E-state index contributed by atoms with van der Waals surface area (Å²) in [4.78, 5) is 0. The smallest absolute Gasteiger partial charge is 0.0132 e. The molecule has 0 aliphatic heterocycles. The zero-order chi connectivity index (χ0) is 19.0. The molecule has 0 saturated carbocycles. The van der Waals surface area contributed by atoms with Gasteiger partial charge in [0, 0.05) is 6.54 Å². The van der Waals surface area contributed by atoms with Crippen molar-refractivity contribution < 1.29 is 0 Å². The first-order valence-corrected chi connectivity index (χ1v) is 12.2. The number of rotatable bonds is 23. The molecule has 1 N–H and O–H groups in total. The van der Waals surface area contributed by atoms with E-state index in [0.29, 0.717) is 0 Å². The van der Waals surface area contributed by atoms with Crippen molar-refractivity contribution in [1.82, 2.24) is 5.32 Å². The van der Waals surface area contributed by atoms with E-state index in [0.717, 1.165) is 13.1 Å². The predicted molar refractivity (Wildman–Crippen MR) is 121 cm³/mol. The van der Waals surface area contributed by atoms with Crippen LogP contribution in [0.4, 0.5) is 0 Å². The van der Waals surface area contributed by atoms with Crippen LogP contribution in [0.1, 0.15) is 135 Å². The number of nitrogens with one attached hydrogen (secondary N) is 1. The molecule has 1 nitrogen and oxygen atoms in total. The van der Waals surface area contributed by atoms with Gasteiger partial charge < -0.3 is 5.32 Å². The van der Waals surface area contributed by atoms with Gasteiger partial charge in [-0.05, 0) is 13.0 Å². The van der Waals surface area contributed by atoms with Crippen molar-refractivity contribution in [2.45, 2.75) is 135 Å². The molecule has 0 aliphatic rings. The van der Waals surface area contributed by atoms with E-state index in [-0.39, 0.29) is 0 Å². The lowest BCUT2D eigenvalue weighted by atomic mass is 10.0. The van der Waals surface area contributed by atoms with Crippen molar-refractivity contribution in [3.63, 3.8) is 0 Å². The van der Waals surface area contributed by atoms with Crippen LogP contribution in [0.2, 0.25) is 0 Å². The molecule has 0 spiro atoms. The van der Waals surface area contributed by atoms with Crippen LogP contribution in [0, 0.1) is 0 Å². The number of unbranched alkanes of at least 4 members (excludes halogenated alkanes) is 19. The Morgan fingerprint density at radius 1 is 0.500 bits per heavy atom. The first kappa shape index (κ1) is 25.7. The Morgan fingerprint density at radius 3 is 1.12 bits per heavy atom. The van der Waals surface area contributed by atoms with E-state index in [1.165, 1.54) is 128 Å². The van der Waals surface area contributed by atoms with E-state index in [1.807, 2.05) is 6.08 Å². The summed E-state index contributed by atoms with van der Waals surface area (Å²) in [5.41, 5.74) is 0. The van der Waals surface area contributed by atoms with Gasteiger partial charge in [0.1, 0.15) is 0 Å². The predicted octanol–water partition coefficient (Wildman–Crippen LogP) is 8.58. The summed E-state index contributed by atoms with van der Waals surface area (Å²) in [5.74, 6) is 0. The zero-order valence-corrected chi connectivity index (χ0v) is 18.3. The maximum atomic E-state index is 3.72. The average molecular weight is 366 g/mol. The van der Waals surface area contributed by atoms with E-state index in [2.05, 4.69) is 18.8 Å². The highest BCUT2D eigenvalue weighted by Gasteiger charge is 1.95. The molecule has 0 unspecified atom stereocenters. The van der Waals surface area contributed by atoms with Crippen LogP contribution in [-0.2, 0) is 0 Å². The zero-order valence-electron chi connectivity index (χ0n) is 18.3. The maximum Gasteiger partial charge on any atom is 0.0132 e. The molecular weight excluding hydrogens is 314 g/mol. The van der Waals surface area contributed by atoms with Gasteiger partial charge in [0.15, 0.2) is 0 Å². The Balaban J connectivity index is 2.96. The van der Waals surface area contributed by atoms with Gasteiger partial charge in [-0.3, -0.25) is 0 Å². The van der Waals surface area contributed by atoms with Gasteiger partial charge in [-0.25, -0.2) is 0 Å². The molecule has 0 atom stereocenters. The van der Waals surface area contributed by atoms with Crippen molar-refractivity contribution in [2.75, 3.05) is 13.1 Å². The highest BCUT2D eigenvalue weighted by molar-refractivity contribution is 4.69. The van der Waals surface area contributed by atoms with Crippen LogP contribution >= 0.6 is 0 Å². The van der Waals surface area contributed by atoms with Crippen LogP contribution in [0.3, 0.4) is 0 Å². The van der Waals surface area contributed by atoms with Crippen LogP contribution in [0.5, 0.6) is 0 Å². The Hall–Kier alpha value is -0.300. The van der Waals surface area contributed by atoms with Crippen LogP contribution in [-0.4, -0.2) is 13.1 Å². The molecular formula is C25H51N. The fraction of sp³-hybridized carbons (Fsp3) is 0.920. The molecule has 0 radical (unpaired) electrons. The van der Waals surface area contributed by atoms with Crippen molar-refractivity contribution >= 4 is 0 Å². The van der Waals surface area contributed by atoms with Gasteiger partial charge in [-0.1, -0.05) is 135 Å². The van der Waals surface area contributed by atoms with E-state index < -0.39 is 0 Å². The largest absolute Gasteiger partial charge is 0.313 e. The number of hydrogen-bond donors (Lipinski definition) is 1. The lowest BCUT2D eigenvalue weighted by Gasteiger charge is -2.04. The van der Waals surface area contributed by atoms with Gasteiger partial charge in [0.25, 0.3) is 0 Å². The molecule has 156 valence electrons. The van der Waals surface area contributed by atoms with Gasteiger partial charge in [0.2, 0.25) is 0 Å². The van der Waals surface area contributed by atoms with Gasteiger partial charge >= 0.3 is 0 Å². The summed E-state index contributed by atoms with van der Waals surface area (Å²) in [6, 6.07) is 0. The third-order valence-corrected chi connectivity index (χ3v) is 5.50. The molecule has 0 aromatic heterocycles. The molecule has 0 saturated heterocycles. The summed E-state index contributed by atoms with van der Waals surface area (Å²) >= 11 is 0. The average Bonchev–Trinajstić information content (AvgIpc) is 2.66. The Labute approximate surface area is 166 Å². The highest BCUT2D eigenvalue weighted by Crippen LogP contribution is 2.14. The topological polar surface area (TPSA) is 12.0 Å². The van der Waals surface area contributed by atoms with E-state index >= 15 is 0 Å². The molecule has 0 heterocycles. The standard InChI is InChI=1S/C25H51N/c1-3-5-6-7-8-9-10-11-12-13-14-15-16-17-18-19-20-21-22-23-25-26-24-4-2/h4,26H,2-3,5-25H2,1H3. The molecule has 0 rings (SSSR count). The first-order chi connectivity index (χ1) is 12.9. The molecule has 0 fully saturated rings. The second-order valence-electron chi connectivity index (χ2n) is 8.21. The van der Waals surface area contributed by atoms with Gasteiger partial charge in [-0.15, -0.1) is 6.58 Å². The summed E-state index contributed by atoms with van der Waals surface area (Å²) in [7, 11) is 0. The lowest BCUT2D eigenvalue weighted by molar-refractivity contribution is 0.520. The normalized spacial score (nSPS) is 11.1. The van der Waals surface area contributed by atoms with Crippen LogP contribution in [0.25, 0.3) is 0 Å². The highest BCUT2D eigenvalue weighted by atomic mass is 14.8. The quantitative estimate of drug-likeness (QED) is 0.141. The van der Waals surface area contributed by atoms with E-state index in [1.54, 1.807) is 0 Å². The summed E-state index contributed by atoms with van der Waals surface area (Å²) < 4.78 is 0. The summed E-state index contributed by atoms with van der Waals surface area (Å²) in [6.07, 6.45) is 31.0. The molecule has 1 heteroatoms. The Bertz CT molecular complexity index is 249. The van der Waals surface area contributed by atoms with E-state index in [4.69, 9.17) is 0 Å². The van der Waals surface area contributed by atoms with Crippen molar-refractivity contribution in [3.8, 4) is 0 Å².